The van der Waals surface area contributed by atoms with Crippen LogP contribution in [0, 0.1) is 11.3 Å². The van der Waals surface area contributed by atoms with Crippen LogP contribution in [-0.4, -0.2) is 25.3 Å². The summed E-state index contributed by atoms with van der Waals surface area (Å²) in [7, 11) is 3.08. The number of rotatable bonds is 4. The molecule has 4 heteroatoms. The molecule has 0 spiro atoms. The molecule has 1 aliphatic carbocycles. The summed E-state index contributed by atoms with van der Waals surface area (Å²) in [5.41, 5.74) is -1.03. The Hall–Kier alpha value is -1.45. The van der Waals surface area contributed by atoms with Gasteiger partial charge in [-0.1, -0.05) is 13.8 Å². The van der Waals surface area contributed by atoms with E-state index in [1.165, 1.54) is 14.2 Å². The van der Waals surface area contributed by atoms with Crippen LogP contribution in [0.1, 0.15) is 20.3 Å². The molecule has 0 aromatic carbocycles. The molecule has 1 N–H and O–H groups in total. The van der Waals surface area contributed by atoms with Crippen LogP contribution in [0.3, 0.4) is 0 Å². The van der Waals surface area contributed by atoms with Gasteiger partial charge >= 0.3 is 5.97 Å². The second-order valence-electron chi connectivity index (χ2n) is 4.20. The van der Waals surface area contributed by atoms with Crippen LogP contribution in [0.5, 0.6) is 0 Å². The molecule has 0 radical (unpaired) electrons. The van der Waals surface area contributed by atoms with E-state index in [9.17, 15) is 9.90 Å². The average Bonchev–Trinajstić information content (AvgIpc) is 2.27. The molecule has 0 saturated carbocycles. The Bertz CT molecular complexity index is 319. The lowest BCUT2D eigenvalue weighted by atomic mass is 9.74. The minimum absolute atomic E-state index is 0.0689. The largest absolute Gasteiger partial charge is 0.501 e. The summed E-state index contributed by atoms with van der Waals surface area (Å²) in [6.07, 6.45) is 3.85. The maximum atomic E-state index is 11.4. The molecule has 0 aromatic rings. The van der Waals surface area contributed by atoms with E-state index in [4.69, 9.17) is 9.47 Å². The molecule has 1 aliphatic rings. The highest BCUT2D eigenvalue weighted by molar-refractivity contribution is 5.80. The first-order valence-electron chi connectivity index (χ1n) is 5.21. The van der Waals surface area contributed by atoms with Gasteiger partial charge in [-0.25, -0.2) is 0 Å². The lowest BCUT2D eigenvalue weighted by molar-refractivity contribution is -0.145. The second-order valence-corrected chi connectivity index (χ2v) is 4.20. The zero-order chi connectivity index (χ0) is 12.3. The van der Waals surface area contributed by atoms with E-state index < -0.39 is 11.4 Å². The third kappa shape index (κ3) is 2.05. The van der Waals surface area contributed by atoms with Gasteiger partial charge in [0.25, 0.3) is 0 Å². The molecule has 0 fully saturated rings. The van der Waals surface area contributed by atoms with Crippen molar-refractivity contribution in [3.8, 4) is 0 Å². The third-order valence-corrected chi connectivity index (χ3v) is 3.00. The molecule has 0 aromatic heterocycles. The van der Waals surface area contributed by atoms with Crippen molar-refractivity contribution in [1.82, 2.24) is 0 Å². The van der Waals surface area contributed by atoms with E-state index in [2.05, 4.69) is 0 Å². The molecular formula is C12H18O4. The van der Waals surface area contributed by atoms with E-state index in [0.717, 1.165) is 0 Å². The number of methoxy groups -OCH3 is 2. The van der Waals surface area contributed by atoms with E-state index in [-0.39, 0.29) is 5.92 Å². The SMILES string of the molecule is COC1=CC(C(=O)O)(C(C)C)C=C(OC)C1. The fraction of sp³-hybridized carbons (Fsp3) is 0.583. The van der Waals surface area contributed by atoms with Crippen molar-refractivity contribution in [3.05, 3.63) is 23.7 Å². The topological polar surface area (TPSA) is 55.8 Å². The van der Waals surface area contributed by atoms with Gasteiger partial charge in [0.2, 0.25) is 0 Å². The van der Waals surface area contributed by atoms with E-state index in [1.54, 1.807) is 12.2 Å². The molecule has 1 rings (SSSR count). The number of ether oxygens (including phenoxy) is 2. The van der Waals surface area contributed by atoms with E-state index in [0.29, 0.717) is 17.9 Å². The first-order valence-corrected chi connectivity index (χ1v) is 5.21. The van der Waals surface area contributed by atoms with Gasteiger partial charge in [-0.05, 0) is 18.1 Å². The van der Waals surface area contributed by atoms with Crippen molar-refractivity contribution in [2.45, 2.75) is 20.3 Å². The van der Waals surface area contributed by atoms with Crippen LogP contribution >= 0.6 is 0 Å². The quantitative estimate of drug-likeness (QED) is 0.798. The number of hydrogen-bond acceptors (Lipinski definition) is 3. The molecule has 16 heavy (non-hydrogen) atoms. The summed E-state index contributed by atoms with van der Waals surface area (Å²) in [6.45, 7) is 3.74. The van der Waals surface area contributed by atoms with E-state index >= 15 is 0 Å². The first kappa shape index (κ1) is 12.6. The van der Waals surface area contributed by atoms with Crippen molar-refractivity contribution < 1.29 is 19.4 Å². The number of carbonyl (C=O) groups is 1. The van der Waals surface area contributed by atoms with Gasteiger partial charge in [-0.2, -0.15) is 0 Å². The Morgan fingerprint density at radius 2 is 1.75 bits per heavy atom. The van der Waals surface area contributed by atoms with Crippen LogP contribution in [-0.2, 0) is 14.3 Å². The maximum absolute atomic E-state index is 11.4. The van der Waals surface area contributed by atoms with Crippen molar-refractivity contribution in [2.24, 2.45) is 11.3 Å². The zero-order valence-corrected chi connectivity index (χ0v) is 10.1. The highest BCUT2D eigenvalue weighted by Crippen LogP contribution is 2.39. The summed E-state index contributed by atoms with van der Waals surface area (Å²) in [4.78, 5) is 11.4. The first-order chi connectivity index (χ1) is 7.46. The summed E-state index contributed by atoms with van der Waals surface area (Å²) in [6, 6.07) is 0. The highest BCUT2D eigenvalue weighted by Gasteiger charge is 2.41. The molecule has 90 valence electrons. The Labute approximate surface area is 95.6 Å². The van der Waals surface area contributed by atoms with Crippen LogP contribution in [0.15, 0.2) is 23.7 Å². The second kappa shape index (κ2) is 4.60. The minimum atomic E-state index is -1.03. The Morgan fingerprint density at radius 3 is 2.00 bits per heavy atom. The molecule has 0 heterocycles. The van der Waals surface area contributed by atoms with Gasteiger partial charge in [-0.3, -0.25) is 4.79 Å². The Morgan fingerprint density at radius 1 is 1.31 bits per heavy atom. The zero-order valence-electron chi connectivity index (χ0n) is 10.1. The molecule has 0 bridgehead atoms. The smallest absolute Gasteiger partial charge is 0.317 e. The lowest BCUT2D eigenvalue weighted by Crippen LogP contribution is -2.35. The van der Waals surface area contributed by atoms with E-state index in [1.807, 2.05) is 13.8 Å². The summed E-state index contributed by atoms with van der Waals surface area (Å²) < 4.78 is 10.3. The Balaban J connectivity index is 3.24. The van der Waals surface area contributed by atoms with Gasteiger partial charge in [-0.15, -0.1) is 0 Å². The molecular weight excluding hydrogens is 208 g/mol. The molecule has 0 amide bonds. The van der Waals surface area contributed by atoms with Gasteiger partial charge in [0.1, 0.15) is 16.9 Å². The monoisotopic (exact) mass is 226 g/mol. The van der Waals surface area contributed by atoms with Gasteiger partial charge in [0.15, 0.2) is 0 Å². The molecule has 0 aliphatic heterocycles. The maximum Gasteiger partial charge on any atom is 0.317 e. The predicted molar refractivity (Wildman–Crippen MR) is 59.7 cm³/mol. The minimum Gasteiger partial charge on any atom is -0.501 e. The fourth-order valence-electron chi connectivity index (χ4n) is 1.81. The third-order valence-electron chi connectivity index (χ3n) is 3.00. The summed E-state index contributed by atoms with van der Waals surface area (Å²) >= 11 is 0. The number of hydrogen-bond donors (Lipinski definition) is 1. The predicted octanol–water partition coefficient (Wildman–Crippen LogP) is 2.18. The van der Waals surface area contributed by atoms with Crippen molar-refractivity contribution >= 4 is 5.97 Å². The Kier molecular flexibility index (Phi) is 3.62. The molecule has 0 atom stereocenters. The van der Waals surface area contributed by atoms with Crippen molar-refractivity contribution in [3.63, 3.8) is 0 Å². The van der Waals surface area contributed by atoms with Gasteiger partial charge in [0.05, 0.1) is 20.6 Å². The standard InChI is InChI=1S/C12H18O4/c1-8(2)12(11(13)14)6-9(15-3)5-10(7-12)16-4/h6-8H,5H2,1-4H3,(H,13,14). The fourth-order valence-corrected chi connectivity index (χ4v) is 1.81. The number of aliphatic carboxylic acids is 1. The van der Waals surface area contributed by atoms with Crippen LogP contribution in [0.4, 0.5) is 0 Å². The molecule has 0 unspecified atom stereocenters. The van der Waals surface area contributed by atoms with Gasteiger partial charge < -0.3 is 14.6 Å². The highest BCUT2D eigenvalue weighted by atomic mass is 16.5. The number of carboxylic acids is 1. The van der Waals surface area contributed by atoms with Crippen molar-refractivity contribution in [2.75, 3.05) is 14.2 Å². The number of carboxylic acid groups (broad SMARTS) is 1. The molecule has 4 nitrogen and oxygen atoms in total. The van der Waals surface area contributed by atoms with Gasteiger partial charge in [0, 0.05) is 0 Å². The normalized spacial score (nSPS) is 18.8. The molecule has 0 saturated heterocycles. The summed E-state index contributed by atoms with van der Waals surface area (Å²) in [5.74, 6) is 0.317. The average molecular weight is 226 g/mol. The van der Waals surface area contributed by atoms with Crippen molar-refractivity contribution in [1.29, 1.82) is 0 Å². The summed E-state index contributed by atoms with van der Waals surface area (Å²) in [5, 5.41) is 9.39. The van der Waals surface area contributed by atoms with Crippen LogP contribution in [0.25, 0.3) is 0 Å². The van der Waals surface area contributed by atoms with Crippen LogP contribution < -0.4 is 0 Å². The lowest BCUT2D eigenvalue weighted by Gasteiger charge is -2.31. The van der Waals surface area contributed by atoms with Crippen LogP contribution in [0.2, 0.25) is 0 Å².